The van der Waals surface area contributed by atoms with Gasteiger partial charge in [-0.25, -0.2) is 4.98 Å². The molecule has 0 aliphatic heterocycles. The quantitative estimate of drug-likeness (QED) is 0.469. The third-order valence-electron chi connectivity index (χ3n) is 3.90. The van der Waals surface area contributed by atoms with Gasteiger partial charge in [0.25, 0.3) is 5.22 Å². The third-order valence-corrected chi connectivity index (χ3v) is 5.05. The van der Waals surface area contributed by atoms with Crippen molar-refractivity contribution < 1.29 is 9.15 Å². The maximum absolute atomic E-state index is 5.89. The molecule has 0 saturated heterocycles. The molecule has 0 spiro atoms. The minimum absolute atomic E-state index is 0.0349. The summed E-state index contributed by atoms with van der Waals surface area (Å²) in [5.41, 5.74) is 3.90. The highest BCUT2D eigenvalue weighted by Crippen LogP contribution is 2.41. The topological polar surface area (TPSA) is 48.2 Å². The number of oxazole rings is 1. The number of hydrogen-bond donors (Lipinski definition) is 0. The summed E-state index contributed by atoms with van der Waals surface area (Å²) in [6.07, 6.45) is 3.66. The van der Waals surface area contributed by atoms with E-state index in [0.29, 0.717) is 5.22 Å². The van der Waals surface area contributed by atoms with Gasteiger partial charge in [0.2, 0.25) is 0 Å². The summed E-state index contributed by atoms with van der Waals surface area (Å²) in [4.78, 5) is 8.85. The lowest BCUT2D eigenvalue weighted by Gasteiger charge is -2.15. The fraction of sp³-hybridized carbons (Fsp3) is 0.100. The van der Waals surface area contributed by atoms with Gasteiger partial charge in [0, 0.05) is 12.4 Å². The van der Waals surface area contributed by atoms with Crippen LogP contribution in [0.15, 0.2) is 82.7 Å². The molecule has 0 aliphatic carbocycles. The zero-order chi connectivity index (χ0) is 17.1. The predicted octanol–water partition coefficient (Wildman–Crippen LogP) is 5.11. The van der Waals surface area contributed by atoms with Crippen molar-refractivity contribution >= 4 is 22.9 Å². The van der Waals surface area contributed by atoms with Crippen molar-refractivity contribution in [1.82, 2.24) is 9.97 Å². The maximum Gasteiger partial charge on any atom is 0.257 e. The average molecular weight is 348 g/mol. The molecule has 4 aromatic rings. The zero-order valence-electron chi connectivity index (χ0n) is 13.6. The van der Waals surface area contributed by atoms with Gasteiger partial charge >= 0.3 is 0 Å². The third kappa shape index (κ3) is 3.37. The summed E-state index contributed by atoms with van der Waals surface area (Å²) in [6, 6.07) is 19.9. The second-order valence-electron chi connectivity index (χ2n) is 5.50. The van der Waals surface area contributed by atoms with Gasteiger partial charge in [0.05, 0.1) is 12.4 Å². The van der Waals surface area contributed by atoms with E-state index >= 15 is 0 Å². The van der Waals surface area contributed by atoms with Crippen molar-refractivity contribution in [3.63, 3.8) is 0 Å². The molecule has 4 nitrogen and oxygen atoms in total. The van der Waals surface area contributed by atoms with E-state index < -0.39 is 0 Å². The first kappa shape index (κ1) is 15.7. The van der Waals surface area contributed by atoms with Crippen LogP contribution in [0.1, 0.15) is 16.4 Å². The van der Waals surface area contributed by atoms with Gasteiger partial charge in [0.1, 0.15) is 11.3 Å². The summed E-state index contributed by atoms with van der Waals surface area (Å²) >= 11 is 1.58. The van der Waals surface area contributed by atoms with E-state index in [9.17, 15) is 0 Å². The molecular formula is C20H16N2O2S. The number of ether oxygens (including phenoxy) is 1. The molecule has 5 heteroatoms. The van der Waals surface area contributed by atoms with E-state index in [0.717, 1.165) is 28.0 Å². The van der Waals surface area contributed by atoms with Crippen LogP contribution in [-0.2, 0) is 0 Å². The van der Waals surface area contributed by atoms with Gasteiger partial charge in [-0.1, -0.05) is 42.1 Å². The van der Waals surface area contributed by atoms with E-state index in [4.69, 9.17) is 9.15 Å². The molecule has 0 radical (unpaired) electrons. The lowest BCUT2D eigenvalue weighted by molar-refractivity contribution is 0.414. The Bertz CT molecular complexity index is 935. The molecule has 0 aliphatic rings. The van der Waals surface area contributed by atoms with Crippen LogP contribution in [0.4, 0.5) is 0 Å². The van der Waals surface area contributed by atoms with Crippen LogP contribution >= 0.6 is 11.8 Å². The second-order valence-corrected chi connectivity index (χ2v) is 6.56. The number of para-hydroxylation sites is 2. The van der Waals surface area contributed by atoms with Gasteiger partial charge < -0.3 is 9.15 Å². The van der Waals surface area contributed by atoms with Gasteiger partial charge in [-0.2, -0.15) is 0 Å². The van der Waals surface area contributed by atoms with Crippen molar-refractivity contribution in [3.05, 3.63) is 84.2 Å². The molecule has 4 rings (SSSR count). The monoisotopic (exact) mass is 348 g/mol. The molecular weight excluding hydrogens is 332 g/mol. The largest absolute Gasteiger partial charge is 0.497 e. The van der Waals surface area contributed by atoms with Crippen molar-refractivity contribution in [2.45, 2.75) is 10.5 Å². The fourth-order valence-electron chi connectivity index (χ4n) is 2.64. The zero-order valence-corrected chi connectivity index (χ0v) is 14.4. The predicted molar refractivity (Wildman–Crippen MR) is 98.9 cm³/mol. The summed E-state index contributed by atoms with van der Waals surface area (Å²) in [5.74, 6) is 0.834. The molecule has 0 amide bonds. The van der Waals surface area contributed by atoms with E-state index in [1.807, 2.05) is 48.7 Å². The van der Waals surface area contributed by atoms with Gasteiger partial charge in [-0.15, -0.1) is 0 Å². The number of fused-ring (bicyclic) bond motifs is 1. The molecule has 0 saturated carbocycles. The molecule has 25 heavy (non-hydrogen) atoms. The van der Waals surface area contributed by atoms with E-state index in [1.54, 1.807) is 25.1 Å². The maximum atomic E-state index is 5.89. The summed E-state index contributed by atoms with van der Waals surface area (Å²) in [5, 5.41) is 0.679. The Kier molecular flexibility index (Phi) is 4.39. The summed E-state index contributed by atoms with van der Waals surface area (Å²) < 4.78 is 11.2. The highest BCUT2D eigenvalue weighted by Gasteiger charge is 2.19. The normalized spacial score (nSPS) is 12.2. The first-order valence-electron chi connectivity index (χ1n) is 7.89. The Balaban J connectivity index is 1.71. The molecule has 2 aromatic heterocycles. The lowest BCUT2D eigenvalue weighted by Crippen LogP contribution is -1.98. The first-order chi connectivity index (χ1) is 12.3. The molecule has 0 N–H and O–H groups in total. The Morgan fingerprint density at radius 2 is 1.80 bits per heavy atom. The van der Waals surface area contributed by atoms with Crippen LogP contribution in [-0.4, -0.2) is 17.1 Å². The molecule has 0 fully saturated rings. The van der Waals surface area contributed by atoms with Crippen molar-refractivity contribution in [2.24, 2.45) is 0 Å². The lowest BCUT2D eigenvalue weighted by atomic mass is 10.1. The molecule has 1 unspecified atom stereocenters. The molecule has 1 atom stereocenters. The van der Waals surface area contributed by atoms with E-state index in [2.05, 4.69) is 28.2 Å². The number of benzene rings is 2. The van der Waals surface area contributed by atoms with Crippen LogP contribution in [0.2, 0.25) is 0 Å². The molecule has 2 heterocycles. The number of nitrogens with zero attached hydrogens (tertiary/aromatic N) is 2. The first-order valence-corrected chi connectivity index (χ1v) is 8.77. The summed E-state index contributed by atoms with van der Waals surface area (Å²) in [7, 11) is 1.67. The number of aromatic nitrogens is 2. The number of hydrogen-bond acceptors (Lipinski definition) is 5. The minimum Gasteiger partial charge on any atom is -0.497 e. The molecule has 0 bridgehead atoms. The van der Waals surface area contributed by atoms with Crippen molar-refractivity contribution in [2.75, 3.05) is 7.11 Å². The second kappa shape index (κ2) is 6.99. The number of rotatable bonds is 5. The van der Waals surface area contributed by atoms with E-state index in [-0.39, 0.29) is 5.25 Å². The number of methoxy groups -OCH3 is 1. The highest BCUT2D eigenvalue weighted by molar-refractivity contribution is 7.99. The Labute approximate surface area is 149 Å². The Morgan fingerprint density at radius 3 is 2.52 bits per heavy atom. The van der Waals surface area contributed by atoms with Gasteiger partial charge in [0.15, 0.2) is 5.58 Å². The van der Waals surface area contributed by atoms with Crippen LogP contribution in [0.25, 0.3) is 11.1 Å². The van der Waals surface area contributed by atoms with Crippen LogP contribution < -0.4 is 4.74 Å². The Hall–Kier alpha value is -2.79. The Morgan fingerprint density at radius 1 is 0.960 bits per heavy atom. The minimum atomic E-state index is 0.0349. The van der Waals surface area contributed by atoms with Gasteiger partial charge in [-0.3, -0.25) is 4.98 Å². The smallest absolute Gasteiger partial charge is 0.257 e. The average Bonchev–Trinajstić information content (AvgIpc) is 3.09. The van der Waals surface area contributed by atoms with E-state index in [1.165, 1.54) is 0 Å². The molecule has 2 aromatic carbocycles. The summed E-state index contributed by atoms with van der Waals surface area (Å²) in [6.45, 7) is 0. The van der Waals surface area contributed by atoms with Gasteiger partial charge in [-0.05, 0) is 41.5 Å². The number of pyridine rings is 1. The SMILES string of the molecule is COc1ccc(C(Sc2nc3ccccc3o2)c2cccnc2)cc1. The van der Waals surface area contributed by atoms with Crippen LogP contribution in [0.5, 0.6) is 5.75 Å². The van der Waals surface area contributed by atoms with Crippen molar-refractivity contribution in [3.8, 4) is 5.75 Å². The highest BCUT2D eigenvalue weighted by atomic mass is 32.2. The van der Waals surface area contributed by atoms with Crippen LogP contribution in [0, 0.1) is 0 Å². The number of thioether (sulfide) groups is 1. The van der Waals surface area contributed by atoms with Crippen LogP contribution in [0.3, 0.4) is 0 Å². The molecule has 124 valence electrons. The van der Waals surface area contributed by atoms with Crippen molar-refractivity contribution in [1.29, 1.82) is 0 Å². The standard InChI is InChI=1S/C20H16N2O2S/c1-23-16-10-8-14(9-11-16)19(15-5-4-12-21-13-15)25-20-22-17-6-2-3-7-18(17)24-20/h2-13,19H,1H3. The fourth-order valence-corrected chi connectivity index (χ4v) is 3.70.